The van der Waals surface area contributed by atoms with E-state index in [0.717, 1.165) is 37.4 Å². The number of ether oxygens (including phenoxy) is 1. The van der Waals surface area contributed by atoms with Crippen LogP contribution in [0, 0.1) is 0 Å². The number of carbonyl (C=O) groups excluding carboxylic acids is 1. The highest BCUT2D eigenvalue weighted by Gasteiger charge is 2.31. The highest BCUT2D eigenvalue weighted by atomic mass is 16.6. The van der Waals surface area contributed by atoms with Gasteiger partial charge in [-0.15, -0.1) is 0 Å². The van der Waals surface area contributed by atoms with E-state index < -0.39 is 0 Å². The van der Waals surface area contributed by atoms with E-state index in [-0.39, 0.29) is 12.2 Å². The van der Waals surface area contributed by atoms with Gasteiger partial charge in [0.25, 0.3) is 0 Å². The number of carbonyl (C=O) groups is 1. The van der Waals surface area contributed by atoms with Crippen molar-refractivity contribution in [2.24, 2.45) is 0 Å². The van der Waals surface area contributed by atoms with Crippen LogP contribution in [0.1, 0.15) is 45.2 Å². The molecule has 0 unspecified atom stereocenters. The lowest BCUT2D eigenvalue weighted by Gasteiger charge is -2.34. The van der Waals surface area contributed by atoms with Crippen LogP contribution in [0.4, 0.5) is 10.6 Å². The summed E-state index contributed by atoms with van der Waals surface area (Å²) in [5.41, 5.74) is 1.10. The molecule has 22 heavy (non-hydrogen) atoms. The number of nitrogens with zero attached hydrogens (tertiary/aromatic N) is 3. The summed E-state index contributed by atoms with van der Waals surface area (Å²) < 4.78 is 5.19. The summed E-state index contributed by atoms with van der Waals surface area (Å²) in [7, 11) is 0. The number of amides is 1. The second kappa shape index (κ2) is 6.24. The summed E-state index contributed by atoms with van der Waals surface area (Å²) in [4.78, 5) is 20.7. The molecule has 1 amide bonds. The van der Waals surface area contributed by atoms with Crippen molar-refractivity contribution >= 4 is 11.9 Å². The molecule has 120 valence electrons. The summed E-state index contributed by atoms with van der Waals surface area (Å²) >= 11 is 0. The Kier molecular flexibility index (Phi) is 4.34. The largest absolute Gasteiger partial charge is 0.444 e. The molecule has 1 atom stereocenters. The number of rotatable bonds is 3. The maximum Gasteiger partial charge on any atom is 0.415 e. The van der Waals surface area contributed by atoms with Gasteiger partial charge in [-0.25, -0.2) is 9.78 Å². The van der Waals surface area contributed by atoms with Gasteiger partial charge in [-0.05, 0) is 58.8 Å². The number of hydrogen-bond acceptors (Lipinski definition) is 4. The van der Waals surface area contributed by atoms with Crippen LogP contribution in [-0.4, -0.2) is 47.8 Å². The molecule has 0 spiro atoms. The first kappa shape index (κ1) is 15.3. The molecule has 1 aromatic rings. The third kappa shape index (κ3) is 3.09. The lowest BCUT2D eigenvalue weighted by Crippen LogP contribution is -2.38. The van der Waals surface area contributed by atoms with Crippen molar-refractivity contribution in [3.63, 3.8) is 0 Å². The van der Waals surface area contributed by atoms with Crippen LogP contribution in [0.25, 0.3) is 0 Å². The van der Waals surface area contributed by atoms with Crippen LogP contribution < -0.4 is 4.90 Å². The van der Waals surface area contributed by atoms with Crippen molar-refractivity contribution in [3.05, 3.63) is 23.9 Å². The van der Waals surface area contributed by atoms with Gasteiger partial charge in [0.1, 0.15) is 11.9 Å². The molecule has 0 saturated carbocycles. The summed E-state index contributed by atoms with van der Waals surface area (Å²) in [6, 6.07) is 6.60. The van der Waals surface area contributed by atoms with Crippen molar-refractivity contribution in [1.82, 2.24) is 9.88 Å². The van der Waals surface area contributed by atoms with Gasteiger partial charge in [-0.3, -0.25) is 4.90 Å². The van der Waals surface area contributed by atoms with E-state index in [1.54, 1.807) is 4.90 Å². The molecule has 1 aromatic heterocycles. The molecular weight excluding hydrogens is 278 g/mol. The lowest BCUT2D eigenvalue weighted by molar-refractivity contribution is 0.149. The predicted molar refractivity (Wildman–Crippen MR) is 86.2 cm³/mol. The number of hydrogen-bond donors (Lipinski definition) is 0. The smallest absolute Gasteiger partial charge is 0.415 e. The van der Waals surface area contributed by atoms with Gasteiger partial charge in [-0.2, -0.15) is 0 Å². The summed E-state index contributed by atoms with van der Waals surface area (Å²) in [5.74, 6) is 1.21. The molecule has 2 saturated heterocycles. The third-order valence-corrected chi connectivity index (χ3v) is 4.67. The summed E-state index contributed by atoms with van der Waals surface area (Å²) in [5, 5.41) is 0. The van der Waals surface area contributed by atoms with Crippen LogP contribution in [0.3, 0.4) is 0 Å². The minimum absolute atomic E-state index is 0.0627. The fraction of sp³-hybridized carbons (Fsp3) is 0.647. The van der Waals surface area contributed by atoms with Gasteiger partial charge in [0.2, 0.25) is 0 Å². The fourth-order valence-corrected chi connectivity index (χ4v) is 3.32. The number of piperidine rings is 1. The van der Waals surface area contributed by atoms with Crippen LogP contribution in [0.15, 0.2) is 18.2 Å². The molecule has 2 aliphatic rings. The van der Waals surface area contributed by atoms with Crippen LogP contribution in [0.2, 0.25) is 0 Å². The highest BCUT2D eigenvalue weighted by molar-refractivity contribution is 5.88. The Labute approximate surface area is 132 Å². The molecule has 3 rings (SSSR count). The topological polar surface area (TPSA) is 45.7 Å². The van der Waals surface area contributed by atoms with Crippen LogP contribution in [0.5, 0.6) is 0 Å². The average Bonchev–Trinajstić information content (AvgIpc) is 2.86. The Morgan fingerprint density at radius 3 is 2.59 bits per heavy atom. The first-order valence-corrected chi connectivity index (χ1v) is 8.23. The molecule has 2 aliphatic heterocycles. The zero-order valence-corrected chi connectivity index (χ0v) is 13.7. The summed E-state index contributed by atoms with van der Waals surface area (Å²) in [6.07, 6.45) is 1.92. The Hall–Kier alpha value is -1.62. The molecule has 0 bridgehead atoms. The van der Waals surface area contributed by atoms with E-state index >= 15 is 0 Å². The van der Waals surface area contributed by atoms with Gasteiger partial charge in [0.15, 0.2) is 0 Å². The molecule has 0 aliphatic carbocycles. The number of likely N-dealkylation sites (tertiary alicyclic amines) is 1. The minimum atomic E-state index is -0.285. The van der Waals surface area contributed by atoms with E-state index in [4.69, 9.17) is 9.72 Å². The molecule has 2 fully saturated rings. The number of aromatic nitrogens is 1. The van der Waals surface area contributed by atoms with Crippen molar-refractivity contribution < 1.29 is 9.53 Å². The van der Waals surface area contributed by atoms with Gasteiger partial charge in [0, 0.05) is 17.7 Å². The molecule has 0 radical (unpaired) electrons. The van der Waals surface area contributed by atoms with Crippen molar-refractivity contribution in [2.45, 2.75) is 51.7 Å². The molecular formula is C17H25N3O2. The normalized spacial score (nSPS) is 24.1. The fourth-order valence-electron chi connectivity index (χ4n) is 3.32. The van der Waals surface area contributed by atoms with Crippen molar-refractivity contribution in [3.8, 4) is 0 Å². The molecule has 3 heterocycles. The van der Waals surface area contributed by atoms with Crippen LogP contribution >= 0.6 is 0 Å². The number of cyclic esters (lactones) is 1. The Balaban J connectivity index is 1.71. The maximum atomic E-state index is 11.8. The third-order valence-electron chi connectivity index (χ3n) is 4.67. The van der Waals surface area contributed by atoms with Gasteiger partial charge < -0.3 is 9.64 Å². The maximum absolute atomic E-state index is 11.8. The van der Waals surface area contributed by atoms with Crippen molar-refractivity contribution in [2.75, 3.05) is 24.5 Å². The van der Waals surface area contributed by atoms with E-state index in [1.165, 1.54) is 0 Å². The SMILES string of the molecule is CC(C)N1CCC(c2cccc(N3C[C@@H](C)OC3=O)n2)CC1. The quantitative estimate of drug-likeness (QED) is 0.861. The highest BCUT2D eigenvalue weighted by Crippen LogP contribution is 2.29. The molecule has 0 N–H and O–H groups in total. The number of anilines is 1. The standard InChI is InChI=1S/C17H25N3O2/c1-12(2)19-9-7-14(8-10-19)15-5-4-6-16(18-15)20-11-13(3)22-17(20)21/h4-6,12-14H,7-11H2,1-3H3/t13-/m1/s1. The second-order valence-electron chi connectivity index (χ2n) is 6.63. The Morgan fingerprint density at radius 1 is 1.27 bits per heavy atom. The minimum Gasteiger partial charge on any atom is -0.444 e. The van der Waals surface area contributed by atoms with E-state index in [0.29, 0.717) is 18.5 Å². The predicted octanol–water partition coefficient (Wildman–Crippen LogP) is 3.01. The molecule has 5 heteroatoms. The average molecular weight is 303 g/mol. The lowest BCUT2D eigenvalue weighted by atomic mass is 9.92. The van der Waals surface area contributed by atoms with E-state index in [2.05, 4.69) is 24.8 Å². The van der Waals surface area contributed by atoms with Gasteiger partial charge in [0.05, 0.1) is 6.54 Å². The molecule has 5 nitrogen and oxygen atoms in total. The van der Waals surface area contributed by atoms with Crippen LogP contribution in [-0.2, 0) is 4.74 Å². The zero-order chi connectivity index (χ0) is 15.7. The molecule has 0 aromatic carbocycles. The first-order valence-electron chi connectivity index (χ1n) is 8.23. The van der Waals surface area contributed by atoms with Gasteiger partial charge >= 0.3 is 6.09 Å². The Morgan fingerprint density at radius 2 is 2.00 bits per heavy atom. The monoisotopic (exact) mass is 303 g/mol. The van der Waals surface area contributed by atoms with E-state index in [1.807, 2.05) is 19.1 Å². The summed E-state index contributed by atoms with van der Waals surface area (Å²) in [6.45, 7) is 9.23. The van der Waals surface area contributed by atoms with E-state index in [9.17, 15) is 4.79 Å². The number of pyridine rings is 1. The first-order chi connectivity index (χ1) is 10.5. The van der Waals surface area contributed by atoms with Crippen molar-refractivity contribution in [1.29, 1.82) is 0 Å². The zero-order valence-electron chi connectivity index (χ0n) is 13.7. The Bertz CT molecular complexity index is 538. The second-order valence-corrected chi connectivity index (χ2v) is 6.63. The van der Waals surface area contributed by atoms with Gasteiger partial charge in [-0.1, -0.05) is 6.07 Å².